The lowest BCUT2D eigenvalue weighted by Gasteiger charge is -2.03. The van der Waals surface area contributed by atoms with Crippen molar-refractivity contribution in [3.63, 3.8) is 0 Å². The summed E-state index contributed by atoms with van der Waals surface area (Å²) in [6.45, 7) is 1.87. The van der Waals surface area contributed by atoms with E-state index in [0.717, 1.165) is 27.4 Å². The average Bonchev–Trinajstić information content (AvgIpc) is 2.85. The normalized spacial score (nSPS) is 11.0. The molecule has 0 bridgehead atoms. The van der Waals surface area contributed by atoms with Crippen LogP contribution in [-0.2, 0) is 11.3 Å². The van der Waals surface area contributed by atoms with E-state index in [1.54, 1.807) is 19.2 Å². The minimum absolute atomic E-state index is 0.0688. The van der Waals surface area contributed by atoms with Crippen LogP contribution in [0.25, 0.3) is 21.8 Å². The highest BCUT2D eigenvalue weighted by Crippen LogP contribution is 2.30. The van der Waals surface area contributed by atoms with E-state index < -0.39 is 6.16 Å². The number of pyridine rings is 1. The van der Waals surface area contributed by atoms with Crippen LogP contribution in [0.1, 0.15) is 12.5 Å². The van der Waals surface area contributed by atoms with Gasteiger partial charge < -0.3 is 19.6 Å². The molecule has 6 heteroatoms. The van der Waals surface area contributed by atoms with Crippen molar-refractivity contribution in [1.82, 2.24) is 9.97 Å². The second-order valence-corrected chi connectivity index (χ2v) is 4.48. The van der Waals surface area contributed by atoms with E-state index in [-0.39, 0.29) is 19.1 Å². The van der Waals surface area contributed by atoms with Crippen LogP contribution in [0, 0.1) is 0 Å². The Morgan fingerprint density at radius 1 is 1.38 bits per heavy atom. The van der Waals surface area contributed by atoms with Crippen LogP contribution in [0.4, 0.5) is 4.79 Å². The number of carbonyl (C=O) groups is 1. The van der Waals surface area contributed by atoms with Crippen LogP contribution in [0.5, 0.6) is 5.88 Å². The molecule has 0 aliphatic rings. The molecule has 0 unspecified atom stereocenters. The van der Waals surface area contributed by atoms with E-state index >= 15 is 0 Å². The fourth-order valence-electron chi connectivity index (χ4n) is 2.33. The SMILES string of the molecule is CCOC(=O)Oc1cc2c(cn1)[nH]c1cccc(CO)c12. The summed E-state index contributed by atoms with van der Waals surface area (Å²) in [7, 11) is 0. The third-order valence-electron chi connectivity index (χ3n) is 3.19. The van der Waals surface area contributed by atoms with Gasteiger partial charge >= 0.3 is 6.16 Å². The Morgan fingerprint density at radius 2 is 2.24 bits per heavy atom. The number of hydrogen-bond acceptors (Lipinski definition) is 5. The van der Waals surface area contributed by atoms with E-state index in [0.29, 0.717) is 0 Å². The zero-order valence-corrected chi connectivity index (χ0v) is 11.4. The summed E-state index contributed by atoms with van der Waals surface area (Å²) < 4.78 is 9.73. The number of ether oxygens (including phenoxy) is 2. The third-order valence-corrected chi connectivity index (χ3v) is 3.19. The molecule has 0 aliphatic heterocycles. The van der Waals surface area contributed by atoms with Gasteiger partial charge in [-0.25, -0.2) is 9.78 Å². The summed E-state index contributed by atoms with van der Waals surface area (Å²) >= 11 is 0. The zero-order valence-electron chi connectivity index (χ0n) is 11.4. The van der Waals surface area contributed by atoms with Gasteiger partial charge in [0.1, 0.15) is 0 Å². The average molecular weight is 286 g/mol. The number of benzene rings is 1. The quantitative estimate of drug-likeness (QED) is 0.723. The Hall–Kier alpha value is -2.60. The molecule has 0 atom stereocenters. The molecule has 3 aromatic rings. The van der Waals surface area contributed by atoms with Crippen molar-refractivity contribution in [3.8, 4) is 5.88 Å². The van der Waals surface area contributed by atoms with E-state index in [4.69, 9.17) is 9.47 Å². The number of rotatable bonds is 3. The molecule has 0 fully saturated rings. The van der Waals surface area contributed by atoms with Crippen LogP contribution in [0.15, 0.2) is 30.5 Å². The number of aliphatic hydroxyl groups is 1. The number of fused-ring (bicyclic) bond motifs is 3. The molecule has 1 aromatic carbocycles. The van der Waals surface area contributed by atoms with Crippen molar-refractivity contribution in [1.29, 1.82) is 0 Å². The Morgan fingerprint density at radius 3 is 3.00 bits per heavy atom. The van der Waals surface area contributed by atoms with Gasteiger partial charge in [0.05, 0.1) is 24.9 Å². The molecule has 0 saturated heterocycles. The molecule has 2 heterocycles. The van der Waals surface area contributed by atoms with Crippen molar-refractivity contribution < 1.29 is 19.4 Å². The number of H-pyrrole nitrogens is 1. The molecule has 108 valence electrons. The van der Waals surface area contributed by atoms with Gasteiger partial charge in [-0.15, -0.1) is 0 Å². The molecule has 21 heavy (non-hydrogen) atoms. The lowest BCUT2D eigenvalue weighted by molar-refractivity contribution is 0.103. The van der Waals surface area contributed by atoms with Gasteiger partial charge in [-0.2, -0.15) is 0 Å². The van der Waals surface area contributed by atoms with Crippen LogP contribution < -0.4 is 4.74 Å². The topological polar surface area (TPSA) is 84.4 Å². The van der Waals surface area contributed by atoms with Crippen molar-refractivity contribution in [3.05, 3.63) is 36.0 Å². The minimum atomic E-state index is -0.786. The van der Waals surface area contributed by atoms with Gasteiger partial charge in [0.2, 0.25) is 5.88 Å². The number of carbonyl (C=O) groups excluding carboxylic acids is 1. The predicted octanol–water partition coefficient (Wildman–Crippen LogP) is 2.74. The lowest BCUT2D eigenvalue weighted by atomic mass is 10.1. The first-order valence-electron chi connectivity index (χ1n) is 6.57. The van der Waals surface area contributed by atoms with Crippen molar-refractivity contribution in [2.75, 3.05) is 6.61 Å². The van der Waals surface area contributed by atoms with E-state index in [1.807, 2.05) is 18.2 Å². The van der Waals surface area contributed by atoms with E-state index in [9.17, 15) is 9.90 Å². The van der Waals surface area contributed by atoms with E-state index in [1.165, 1.54) is 0 Å². The number of hydrogen-bond donors (Lipinski definition) is 2. The molecule has 0 radical (unpaired) electrons. The van der Waals surface area contributed by atoms with Crippen molar-refractivity contribution in [2.45, 2.75) is 13.5 Å². The van der Waals surface area contributed by atoms with Crippen LogP contribution >= 0.6 is 0 Å². The summed E-state index contributed by atoms with van der Waals surface area (Å²) in [5.41, 5.74) is 2.50. The van der Waals surface area contributed by atoms with Gasteiger partial charge in [-0.1, -0.05) is 12.1 Å². The molecule has 2 aromatic heterocycles. The van der Waals surface area contributed by atoms with Crippen molar-refractivity contribution in [2.24, 2.45) is 0 Å². The number of nitrogens with zero attached hydrogens (tertiary/aromatic N) is 1. The van der Waals surface area contributed by atoms with Gasteiger partial charge in [0.25, 0.3) is 0 Å². The largest absolute Gasteiger partial charge is 0.515 e. The Kier molecular flexibility index (Phi) is 3.45. The molecule has 3 rings (SSSR count). The van der Waals surface area contributed by atoms with Crippen molar-refractivity contribution >= 4 is 28.0 Å². The zero-order chi connectivity index (χ0) is 14.8. The number of nitrogens with one attached hydrogen (secondary N) is 1. The maximum Gasteiger partial charge on any atom is 0.515 e. The standard InChI is InChI=1S/C15H14N2O4/c1-2-20-15(19)21-13-6-10-12(7-16-13)17-11-5-3-4-9(8-18)14(10)11/h3-7,17-18H,2,8H2,1H3. The fourth-order valence-corrected chi connectivity index (χ4v) is 2.33. The van der Waals surface area contributed by atoms with Gasteiger partial charge in [-0.3, -0.25) is 0 Å². The first kappa shape index (κ1) is 13.4. The molecule has 2 N–H and O–H groups in total. The monoisotopic (exact) mass is 286 g/mol. The third kappa shape index (κ3) is 2.41. The Balaban J connectivity index is 2.11. The summed E-state index contributed by atoms with van der Waals surface area (Å²) in [6, 6.07) is 7.29. The smallest absolute Gasteiger partial charge is 0.434 e. The molecular weight excluding hydrogens is 272 g/mol. The summed E-state index contributed by atoms with van der Waals surface area (Å²) in [6.07, 6.45) is 0.803. The minimum Gasteiger partial charge on any atom is -0.434 e. The lowest BCUT2D eigenvalue weighted by Crippen LogP contribution is -2.10. The number of aromatic nitrogens is 2. The maximum absolute atomic E-state index is 11.3. The highest BCUT2D eigenvalue weighted by molar-refractivity contribution is 6.09. The Bertz CT molecular complexity index is 810. The van der Waals surface area contributed by atoms with Gasteiger partial charge in [0, 0.05) is 22.4 Å². The fraction of sp³-hybridized carbons (Fsp3) is 0.200. The first-order valence-corrected chi connectivity index (χ1v) is 6.57. The summed E-state index contributed by atoms with van der Waals surface area (Å²) in [4.78, 5) is 18.6. The molecule has 0 spiro atoms. The number of aliphatic hydroxyl groups excluding tert-OH is 1. The second-order valence-electron chi connectivity index (χ2n) is 4.48. The second kappa shape index (κ2) is 5.41. The Labute approximate surface area is 120 Å². The highest BCUT2D eigenvalue weighted by atomic mass is 16.7. The molecule has 6 nitrogen and oxygen atoms in total. The van der Waals surface area contributed by atoms with Gasteiger partial charge in [-0.05, 0) is 18.6 Å². The first-order chi connectivity index (χ1) is 10.2. The van der Waals surface area contributed by atoms with Gasteiger partial charge in [0.15, 0.2) is 0 Å². The molecular formula is C15H14N2O4. The molecule has 0 amide bonds. The highest BCUT2D eigenvalue weighted by Gasteiger charge is 2.12. The van der Waals surface area contributed by atoms with Crippen LogP contribution in [-0.4, -0.2) is 27.8 Å². The van der Waals surface area contributed by atoms with Crippen LogP contribution in [0.2, 0.25) is 0 Å². The summed E-state index contributed by atoms with van der Waals surface area (Å²) in [5.74, 6) is 0.162. The maximum atomic E-state index is 11.3. The summed E-state index contributed by atoms with van der Waals surface area (Å²) in [5, 5.41) is 11.2. The molecule has 0 saturated carbocycles. The van der Waals surface area contributed by atoms with Crippen LogP contribution in [0.3, 0.4) is 0 Å². The predicted molar refractivity (Wildman–Crippen MR) is 77.2 cm³/mol. The van der Waals surface area contributed by atoms with E-state index in [2.05, 4.69) is 9.97 Å². The number of aromatic amines is 1. The molecule has 0 aliphatic carbocycles.